The first-order valence-electron chi connectivity index (χ1n) is 5.99. The van der Waals surface area contributed by atoms with E-state index in [1.165, 1.54) is 0 Å². The number of hydrogen-bond acceptors (Lipinski definition) is 5. The molecule has 116 valence electrons. The van der Waals surface area contributed by atoms with Gasteiger partial charge in [-0.1, -0.05) is 36.7 Å². The van der Waals surface area contributed by atoms with E-state index in [1.807, 2.05) is 20.8 Å². The van der Waals surface area contributed by atoms with Crippen LogP contribution in [0.4, 0.5) is 0 Å². The minimum Gasteiger partial charge on any atom is -0.481 e. The molecule has 0 fully saturated rings. The molecule has 0 aliphatic rings. The highest BCUT2D eigenvalue weighted by Gasteiger charge is 2.13. The summed E-state index contributed by atoms with van der Waals surface area (Å²) in [6.07, 6.45) is 0.243. The minimum absolute atomic E-state index is 0.0288. The molecule has 0 heterocycles. The third kappa shape index (κ3) is 27.1. The molecule has 0 aromatic heterocycles. The Morgan fingerprint density at radius 2 is 1.74 bits per heavy atom. The lowest BCUT2D eigenvalue weighted by molar-refractivity contribution is -0.139. The van der Waals surface area contributed by atoms with Gasteiger partial charge in [0.05, 0.1) is 39.5 Å². The standard InChI is InChI=1S/C6H13BrO4.C6H12O2/c7-6(9)5-11-4-3-10-2-1-8;1-6(2,3)4-5(7)8/h6,8-9H,1-5H2;4H2,1-3H3,(H,7,8). The van der Waals surface area contributed by atoms with E-state index in [0.717, 1.165) is 0 Å². The Morgan fingerprint density at radius 3 is 2.05 bits per heavy atom. The SMILES string of the molecule is CC(C)(C)CC(=O)O.OCCOCCOCC(O)Br. The third-order valence-corrected chi connectivity index (χ3v) is 1.81. The fourth-order valence-corrected chi connectivity index (χ4v) is 1.11. The Labute approximate surface area is 122 Å². The van der Waals surface area contributed by atoms with Crippen molar-refractivity contribution in [3.05, 3.63) is 0 Å². The number of alkyl halides is 1. The van der Waals surface area contributed by atoms with E-state index < -0.39 is 11.0 Å². The van der Waals surface area contributed by atoms with Gasteiger partial charge in [0.2, 0.25) is 0 Å². The maximum atomic E-state index is 10.0. The predicted molar refractivity (Wildman–Crippen MR) is 75.4 cm³/mol. The van der Waals surface area contributed by atoms with E-state index in [0.29, 0.717) is 19.8 Å². The van der Waals surface area contributed by atoms with Crippen molar-refractivity contribution in [2.45, 2.75) is 32.2 Å². The number of aliphatic carboxylic acids is 1. The summed E-state index contributed by atoms with van der Waals surface area (Å²) in [6, 6.07) is 0. The van der Waals surface area contributed by atoms with Crippen molar-refractivity contribution in [1.29, 1.82) is 0 Å². The highest BCUT2D eigenvalue weighted by atomic mass is 79.9. The number of rotatable bonds is 8. The summed E-state index contributed by atoms with van der Waals surface area (Å²) in [5, 5.41) is 24.6. The number of carbonyl (C=O) groups is 1. The Kier molecular flexibility index (Phi) is 14.2. The molecule has 0 saturated heterocycles. The lowest BCUT2D eigenvalue weighted by Crippen LogP contribution is -2.12. The monoisotopic (exact) mass is 344 g/mol. The van der Waals surface area contributed by atoms with Gasteiger partial charge in [0, 0.05) is 0 Å². The fourth-order valence-electron chi connectivity index (χ4n) is 0.919. The Morgan fingerprint density at radius 1 is 1.21 bits per heavy atom. The zero-order chi connectivity index (χ0) is 15.3. The van der Waals surface area contributed by atoms with Gasteiger partial charge in [-0.25, -0.2) is 0 Å². The molecule has 1 atom stereocenters. The van der Waals surface area contributed by atoms with Crippen LogP contribution in [0.25, 0.3) is 0 Å². The van der Waals surface area contributed by atoms with E-state index in [2.05, 4.69) is 15.9 Å². The van der Waals surface area contributed by atoms with Gasteiger partial charge in [-0.2, -0.15) is 0 Å². The molecule has 0 aromatic rings. The van der Waals surface area contributed by atoms with Crippen molar-refractivity contribution in [1.82, 2.24) is 0 Å². The first-order valence-corrected chi connectivity index (χ1v) is 6.91. The van der Waals surface area contributed by atoms with E-state index in [1.54, 1.807) is 0 Å². The zero-order valence-electron chi connectivity index (χ0n) is 11.8. The van der Waals surface area contributed by atoms with E-state index in [4.69, 9.17) is 24.8 Å². The number of carboxylic acid groups (broad SMARTS) is 1. The maximum Gasteiger partial charge on any atom is 0.303 e. The molecule has 0 aliphatic heterocycles. The van der Waals surface area contributed by atoms with Crippen molar-refractivity contribution in [2.75, 3.05) is 33.0 Å². The second kappa shape index (κ2) is 12.8. The third-order valence-electron chi connectivity index (χ3n) is 1.54. The quantitative estimate of drug-likeness (QED) is 0.452. The van der Waals surface area contributed by atoms with Crippen LogP contribution < -0.4 is 0 Å². The zero-order valence-corrected chi connectivity index (χ0v) is 13.4. The second-order valence-electron chi connectivity index (χ2n) is 4.98. The van der Waals surface area contributed by atoms with Crippen LogP contribution in [0.3, 0.4) is 0 Å². The van der Waals surface area contributed by atoms with Crippen molar-refractivity contribution in [3.8, 4) is 0 Å². The number of ether oxygens (including phenoxy) is 2. The lowest BCUT2D eigenvalue weighted by atomic mass is 9.93. The number of halogens is 1. The molecule has 0 amide bonds. The van der Waals surface area contributed by atoms with Crippen molar-refractivity contribution in [2.24, 2.45) is 5.41 Å². The van der Waals surface area contributed by atoms with Crippen LogP contribution in [0.2, 0.25) is 0 Å². The Balaban J connectivity index is 0. The number of aliphatic hydroxyl groups is 2. The summed E-state index contributed by atoms with van der Waals surface area (Å²) >= 11 is 2.91. The topological polar surface area (TPSA) is 96.2 Å². The summed E-state index contributed by atoms with van der Waals surface area (Å²) in [7, 11) is 0. The van der Waals surface area contributed by atoms with Gasteiger partial charge in [0.25, 0.3) is 0 Å². The van der Waals surface area contributed by atoms with E-state index >= 15 is 0 Å². The van der Waals surface area contributed by atoms with Crippen LogP contribution in [0.5, 0.6) is 0 Å². The van der Waals surface area contributed by atoms with Gasteiger partial charge in [0.15, 0.2) is 0 Å². The van der Waals surface area contributed by atoms with Gasteiger partial charge in [-0.05, 0) is 5.41 Å². The van der Waals surface area contributed by atoms with Crippen LogP contribution in [0, 0.1) is 5.41 Å². The first-order chi connectivity index (χ1) is 8.69. The van der Waals surface area contributed by atoms with Gasteiger partial charge in [-0.15, -0.1) is 0 Å². The molecule has 0 radical (unpaired) electrons. The Hall–Kier alpha value is -0.210. The minimum atomic E-state index is -0.725. The predicted octanol–water partition coefficient (Wildman–Crippen LogP) is 1.23. The molecule has 0 rings (SSSR count). The molecule has 6 nitrogen and oxygen atoms in total. The molecule has 3 N–H and O–H groups in total. The van der Waals surface area contributed by atoms with Crippen LogP contribution in [0.15, 0.2) is 0 Å². The molecule has 0 saturated carbocycles. The number of aliphatic hydroxyl groups excluding tert-OH is 2. The summed E-state index contributed by atoms with van der Waals surface area (Å²) in [5.74, 6) is -0.725. The van der Waals surface area contributed by atoms with Gasteiger partial charge in [-0.3, -0.25) is 4.79 Å². The largest absolute Gasteiger partial charge is 0.481 e. The first kappa shape index (κ1) is 21.1. The molecule has 0 aliphatic carbocycles. The molecule has 7 heteroatoms. The normalized spacial score (nSPS) is 12.5. The number of hydrogen-bond donors (Lipinski definition) is 3. The summed E-state index contributed by atoms with van der Waals surface area (Å²) in [5.41, 5.74) is -0.0775. The van der Waals surface area contributed by atoms with Crippen LogP contribution >= 0.6 is 15.9 Å². The van der Waals surface area contributed by atoms with Gasteiger partial charge in [0.1, 0.15) is 5.01 Å². The average molecular weight is 345 g/mol. The summed E-state index contributed by atoms with van der Waals surface area (Å²) in [6.45, 7) is 7.20. The molecular weight excluding hydrogens is 320 g/mol. The summed E-state index contributed by atoms with van der Waals surface area (Å²) in [4.78, 5) is 10.0. The molecule has 19 heavy (non-hydrogen) atoms. The second-order valence-corrected chi connectivity index (χ2v) is 6.03. The van der Waals surface area contributed by atoms with E-state index in [-0.39, 0.29) is 25.0 Å². The molecule has 1 unspecified atom stereocenters. The Bertz CT molecular complexity index is 215. The van der Waals surface area contributed by atoms with Gasteiger partial charge < -0.3 is 24.8 Å². The molecule has 0 spiro atoms. The fraction of sp³-hybridized carbons (Fsp3) is 0.917. The molecule has 0 bridgehead atoms. The lowest BCUT2D eigenvalue weighted by Gasteiger charge is -2.13. The number of carboxylic acids is 1. The average Bonchev–Trinajstić information content (AvgIpc) is 2.20. The van der Waals surface area contributed by atoms with Crippen LogP contribution in [-0.2, 0) is 14.3 Å². The summed E-state index contributed by atoms with van der Waals surface area (Å²) < 4.78 is 9.83. The highest BCUT2D eigenvalue weighted by Crippen LogP contribution is 2.17. The van der Waals surface area contributed by atoms with Crippen molar-refractivity contribution < 1.29 is 29.6 Å². The smallest absolute Gasteiger partial charge is 0.303 e. The van der Waals surface area contributed by atoms with Crippen LogP contribution in [-0.4, -0.2) is 59.3 Å². The van der Waals surface area contributed by atoms with E-state index in [9.17, 15) is 4.79 Å². The van der Waals surface area contributed by atoms with Crippen molar-refractivity contribution >= 4 is 21.9 Å². The van der Waals surface area contributed by atoms with Crippen molar-refractivity contribution in [3.63, 3.8) is 0 Å². The molecular formula is C12H25BrO6. The van der Waals surface area contributed by atoms with Gasteiger partial charge >= 0.3 is 5.97 Å². The van der Waals surface area contributed by atoms with Crippen LogP contribution in [0.1, 0.15) is 27.2 Å². The maximum absolute atomic E-state index is 10.0. The highest BCUT2D eigenvalue weighted by molar-refractivity contribution is 9.09. The molecule has 0 aromatic carbocycles.